The van der Waals surface area contributed by atoms with E-state index < -0.39 is 0 Å². The summed E-state index contributed by atoms with van der Waals surface area (Å²) < 4.78 is 0. The van der Waals surface area contributed by atoms with Crippen molar-refractivity contribution in [1.82, 2.24) is 4.98 Å². The lowest BCUT2D eigenvalue weighted by Gasteiger charge is -2.37. The normalized spacial score (nSPS) is 14.1. The number of fused-ring (bicyclic) bond motifs is 1. The van der Waals surface area contributed by atoms with Crippen LogP contribution in [0, 0.1) is 27.7 Å². The van der Waals surface area contributed by atoms with Gasteiger partial charge in [0.15, 0.2) is 0 Å². The molecule has 0 bridgehead atoms. The van der Waals surface area contributed by atoms with Crippen LogP contribution in [-0.2, 0) is 0 Å². The molecule has 1 aliphatic heterocycles. The smallest absolute Gasteiger partial charge is 0.0755 e. The zero-order chi connectivity index (χ0) is 22.9. The van der Waals surface area contributed by atoms with Crippen molar-refractivity contribution in [2.75, 3.05) is 41.3 Å². The van der Waals surface area contributed by atoms with Gasteiger partial charge in [0.2, 0.25) is 0 Å². The molecule has 0 aliphatic carbocycles. The molecule has 0 atom stereocenters. The molecule has 1 saturated heterocycles. The topological polar surface area (TPSA) is 31.4 Å². The maximum absolute atomic E-state index is 4.78. The van der Waals surface area contributed by atoms with Gasteiger partial charge in [-0.3, -0.25) is 4.98 Å². The van der Waals surface area contributed by atoms with Crippen molar-refractivity contribution in [1.29, 1.82) is 0 Å². The van der Waals surface area contributed by atoms with Gasteiger partial charge in [-0.1, -0.05) is 29.3 Å². The van der Waals surface area contributed by atoms with E-state index in [1.807, 2.05) is 0 Å². The molecule has 33 heavy (non-hydrogen) atoms. The number of aryl methyl sites for hydroxylation is 4. The molecule has 1 fully saturated rings. The van der Waals surface area contributed by atoms with Gasteiger partial charge in [-0.15, -0.1) is 0 Å². The van der Waals surface area contributed by atoms with Crippen LogP contribution in [-0.4, -0.2) is 31.2 Å². The van der Waals surface area contributed by atoms with E-state index >= 15 is 0 Å². The summed E-state index contributed by atoms with van der Waals surface area (Å²) in [6.45, 7) is 12.6. The minimum absolute atomic E-state index is 1.03. The molecule has 1 N–H and O–H groups in total. The number of hydrogen-bond donors (Lipinski definition) is 1. The van der Waals surface area contributed by atoms with Gasteiger partial charge < -0.3 is 15.1 Å². The molecule has 1 aromatic heterocycles. The monoisotopic (exact) mass is 436 g/mol. The van der Waals surface area contributed by atoms with E-state index in [9.17, 15) is 0 Å². The fourth-order valence-corrected chi connectivity index (χ4v) is 4.80. The summed E-state index contributed by atoms with van der Waals surface area (Å²) in [6, 6.07) is 24.3. The fourth-order valence-electron chi connectivity index (χ4n) is 4.80. The second kappa shape index (κ2) is 8.78. The van der Waals surface area contributed by atoms with Gasteiger partial charge in [0.25, 0.3) is 0 Å². The molecule has 0 unspecified atom stereocenters. The van der Waals surface area contributed by atoms with Crippen LogP contribution in [0.5, 0.6) is 0 Å². The molecule has 0 radical (unpaired) electrons. The average molecular weight is 437 g/mol. The third kappa shape index (κ3) is 4.51. The van der Waals surface area contributed by atoms with Gasteiger partial charge in [-0.25, -0.2) is 0 Å². The van der Waals surface area contributed by atoms with E-state index in [-0.39, 0.29) is 0 Å². The summed E-state index contributed by atoms with van der Waals surface area (Å²) in [5, 5.41) is 4.81. The summed E-state index contributed by atoms with van der Waals surface area (Å²) in [4.78, 5) is 9.73. The molecular formula is C29H32N4. The van der Waals surface area contributed by atoms with Crippen molar-refractivity contribution in [3.63, 3.8) is 0 Å². The number of nitrogens with zero attached hydrogens (tertiary/aromatic N) is 3. The molecule has 2 heterocycles. The summed E-state index contributed by atoms with van der Waals surface area (Å²) in [7, 11) is 0. The Morgan fingerprint density at radius 2 is 1.24 bits per heavy atom. The van der Waals surface area contributed by atoms with E-state index in [2.05, 4.69) is 110 Å². The number of hydrogen-bond acceptors (Lipinski definition) is 4. The first kappa shape index (κ1) is 21.3. The van der Waals surface area contributed by atoms with Crippen LogP contribution in [0.4, 0.5) is 22.7 Å². The molecule has 4 nitrogen and oxygen atoms in total. The van der Waals surface area contributed by atoms with Gasteiger partial charge in [-0.2, -0.15) is 0 Å². The van der Waals surface area contributed by atoms with Crippen LogP contribution in [0.15, 0.2) is 66.7 Å². The second-order valence-corrected chi connectivity index (χ2v) is 9.27. The highest BCUT2D eigenvalue weighted by Crippen LogP contribution is 2.30. The highest BCUT2D eigenvalue weighted by atomic mass is 15.3. The Morgan fingerprint density at radius 3 is 1.85 bits per heavy atom. The maximum atomic E-state index is 4.78. The van der Waals surface area contributed by atoms with Crippen molar-refractivity contribution in [2.45, 2.75) is 27.7 Å². The van der Waals surface area contributed by atoms with Crippen molar-refractivity contribution >= 4 is 33.7 Å². The first-order valence-electron chi connectivity index (χ1n) is 11.8. The molecule has 5 rings (SSSR count). The van der Waals surface area contributed by atoms with Gasteiger partial charge in [0.05, 0.1) is 5.52 Å². The van der Waals surface area contributed by atoms with E-state index in [0.29, 0.717) is 0 Å². The van der Waals surface area contributed by atoms with Crippen LogP contribution in [0.3, 0.4) is 0 Å². The molecule has 0 amide bonds. The number of nitrogens with one attached hydrogen (secondary N) is 1. The minimum atomic E-state index is 1.03. The van der Waals surface area contributed by atoms with Crippen molar-refractivity contribution < 1.29 is 0 Å². The van der Waals surface area contributed by atoms with Gasteiger partial charge >= 0.3 is 0 Å². The number of anilines is 4. The van der Waals surface area contributed by atoms with E-state index in [1.54, 1.807) is 0 Å². The lowest BCUT2D eigenvalue weighted by molar-refractivity contribution is 0.653. The lowest BCUT2D eigenvalue weighted by Crippen LogP contribution is -2.46. The third-order valence-electron chi connectivity index (χ3n) is 6.57. The van der Waals surface area contributed by atoms with Crippen molar-refractivity contribution in [3.05, 3.63) is 89.1 Å². The molecular weight excluding hydrogens is 404 g/mol. The van der Waals surface area contributed by atoms with Gasteiger partial charge in [-0.05, 0) is 81.8 Å². The van der Waals surface area contributed by atoms with E-state index in [1.165, 1.54) is 33.5 Å². The van der Waals surface area contributed by atoms with Crippen molar-refractivity contribution in [3.8, 4) is 0 Å². The summed E-state index contributed by atoms with van der Waals surface area (Å²) in [6.07, 6.45) is 0. The summed E-state index contributed by atoms with van der Waals surface area (Å²) >= 11 is 0. The lowest BCUT2D eigenvalue weighted by atomic mass is 10.0. The molecule has 0 saturated carbocycles. The molecule has 3 aromatic carbocycles. The van der Waals surface area contributed by atoms with E-state index in [0.717, 1.165) is 48.8 Å². The predicted molar refractivity (Wildman–Crippen MR) is 141 cm³/mol. The molecule has 4 aromatic rings. The zero-order valence-electron chi connectivity index (χ0n) is 20.0. The zero-order valence-corrected chi connectivity index (χ0v) is 20.0. The maximum Gasteiger partial charge on any atom is 0.0755 e. The van der Waals surface area contributed by atoms with Crippen LogP contribution >= 0.6 is 0 Å². The highest BCUT2D eigenvalue weighted by Gasteiger charge is 2.17. The predicted octanol–water partition coefficient (Wildman–Crippen LogP) is 6.54. The Morgan fingerprint density at radius 1 is 0.667 bits per heavy atom. The Labute approximate surface area is 196 Å². The average Bonchev–Trinajstić information content (AvgIpc) is 2.81. The largest absolute Gasteiger partial charge is 0.368 e. The number of aromatic nitrogens is 1. The first-order chi connectivity index (χ1) is 16.0. The van der Waals surface area contributed by atoms with Crippen LogP contribution in [0.25, 0.3) is 10.9 Å². The molecule has 4 heteroatoms. The second-order valence-electron chi connectivity index (χ2n) is 9.27. The fraction of sp³-hybridized carbons (Fsp3) is 0.276. The third-order valence-corrected chi connectivity index (χ3v) is 6.57. The SMILES string of the molecule is Cc1ccc(N2CCN(c3ccc(Nc4cc(C)nc5c(C)cc(C)cc45)cc3)CC2)cc1. The Bertz CT molecular complexity index is 1270. The van der Waals surface area contributed by atoms with Crippen LogP contribution in [0.2, 0.25) is 0 Å². The van der Waals surface area contributed by atoms with E-state index in [4.69, 9.17) is 4.98 Å². The Kier molecular flexibility index (Phi) is 5.67. The van der Waals surface area contributed by atoms with Gasteiger partial charge in [0, 0.05) is 60.0 Å². The first-order valence-corrected chi connectivity index (χ1v) is 11.8. The quantitative estimate of drug-likeness (QED) is 0.394. The Hall–Kier alpha value is -3.53. The van der Waals surface area contributed by atoms with Crippen LogP contribution in [0.1, 0.15) is 22.4 Å². The number of pyridine rings is 1. The van der Waals surface area contributed by atoms with Crippen LogP contribution < -0.4 is 15.1 Å². The number of benzene rings is 3. The van der Waals surface area contributed by atoms with Crippen molar-refractivity contribution in [2.24, 2.45) is 0 Å². The summed E-state index contributed by atoms with van der Waals surface area (Å²) in [5.74, 6) is 0. The number of piperazine rings is 1. The molecule has 0 spiro atoms. The highest BCUT2D eigenvalue weighted by molar-refractivity contribution is 5.95. The summed E-state index contributed by atoms with van der Waals surface area (Å²) in [5.41, 5.74) is 10.7. The molecule has 1 aliphatic rings. The molecule has 168 valence electrons. The van der Waals surface area contributed by atoms with Gasteiger partial charge in [0.1, 0.15) is 0 Å². The Balaban J connectivity index is 1.29. The minimum Gasteiger partial charge on any atom is -0.368 e. The number of rotatable bonds is 4. The standard InChI is InChI=1S/C29H32N4/c1-20-5-9-25(10-6-20)32-13-15-33(16-14-32)26-11-7-24(8-12-26)31-28-19-23(4)30-29-22(3)17-21(2)18-27(28)29/h5-12,17-19H,13-16H2,1-4H3,(H,30,31).